The Morgan fingerprint density at radius 1 is 1.00 bits per heavy atom. The quantitative estimate of drug-likeness (QED) is 0.641. The van der Waals surface area contributed by atoms with Crippen molar-refractivity contribution in [3.63, 3.8) is 0 Å². The molecule has 128 valence electrons. The van der Waals surface area contributed by atoms with Gasteiger partial charge in [-0.2, -0.15) is 0 Å². The lowest BCUT2D eigenvalue weighted by molar-refractivity contribution is -0.117. The van der Waals surface area contributed by atoms with Crippen molar-refractivity contribution in [2.75, 3.05) is 0 Å². The zero-order valence-electron chi connectivity index (χ0n) is 14.9. The van der Waals surface area contributed by atoms with E-state index in [1.165, 1.54) is 5.57 Å². The lowest BCUT2D eigenvalue weighted by Gasteiger charge is -2.25. The van der Waals surface area contributed by atoms with Crippen LogP contribution in [0.25, 0.3) is 16.7 Å². The van der Waals surface area contributed by atoms with Gasteiger partial charge in [-0.1, -0.05) is 29.3 Å². The SMILES string of the molecule is CC1=C(c2cc(-c3ccc(Cl)nc3C)ccc2C)C(=O)[C@@H]2CC[C@H]1C2. The molecule has 2 aliphatic rings. The van der Waals surface area contributed by atoms with Gasteiger partial charge in [0.1, 0.15) is 5.15 Å². The largest absolute Gasteiger partial charge is 0.294 e. The van der Waals surface area contributed by atoms with E-state index in [4.69, 9.17) is 11.6 Å². The highest BCUT2D eigenvalue weighted by atomic mass is 35.5. The van der Waals surface area contributed by atoms with Crippen LogP contribution >= 0.6 is 11.6 Å². The standard InChI is InChI=1S/C22H22ClNO/c1-12-4-5-16(18-8-9-20(23)24-14(18)3)11-19(12)21-13(2)15-6-7-17(10-15)22(21)25/h4-5,8-9,11,15,17H,6-7,10H2,1-3H3/t15-,17+/m0/s1. The minimum atomic E-state index is 0.227. The van der Waals surface area contributed by atoms with Gasteiger partial charge in [0.25, 0.3) is 0 Å². The molecule has 2 aromatic rings. The van der Waals surface area contributed by atoms with Gasteiger partial charge in [0, 0.05) is 22.7 Å². The summed E-state index contributed by atoms with van der Waals surface area (Å²) in [5.74, 6) is 1.16. The van der Waals surface area contributed by atoms with Crippen molar-refractivity contribution < 1.29 is 4.79 Å². The Hall–Kier alpha value is -1.93. The van der Waals surface area contributed by atoms with Crippen molar-refractivity contribution in [3.05, 3.63) is 57.9 Å². The molecule has 0 aliphatic heterocycles. The van der Waals surface area contributed by atoms with Crippen LogP contribution in [0.3, 0.4) is 0 Å². The second kappa shape index (κ2) is 6.10. The minimum absolute atomic E-state index is 0.227. The molecule has 0 amide bonds. The predicted octanol–water partition coefficient (Wildman–Crippen LogP) is 5.79. The van der Waals surface area contributed by atoms with Crippen LogP contribution in [0.5, 0.6) is 0 Å². The molecule has 2 nitrogen and oxygen atoms in total. The van der Waals surface area contributed by atoms with Crippen LogP contribution in [0.1, 0.15) is 43.0 Å². The fraction of sp³-hybridized carbons (Fsp3) is 0.364. The van der Waals surface area contributed by atoms with Gasteiger partial charge in [-0.25, -0.2) is 4.98 Å². The molecule has 2 bridgehead atoms. The van der Waals surface area contributed by atoms with Crippen LogP contribution < -0.4 is 0 Å². The molecule has 2 aliphatic carbocycles. The number of rotatable bonds is 2. The predicted molar refractivity (Wildman–Crippen MR) is 103 cm³/mol. The number of hydrogen-bond acceptors (Lipinski definition) is 2. The molecule has 3 heteroatoms. The van der Waals surface area contributed by atoms with E-state index in [1.807, 2.05) is 19.1 Å². The topological polar surface area (TPSA) is 30.0 Å². The molecule has 0 unspecified atom stereocenters. The summed E-state index contributed by atoms with van der Waals surface area (Å²) in [6, 6.07) is 10.2. The van der Waals surface area contributed by atoms with E-state index in [9.17, 15) is 4.79 Å². The third-order valence-corrected chi connectivity index (χ3v) is 6.14. The zero-order chi connectivity index (χ0) is 17.7. The Bertz CT molecular complexity index is 912. The van der Waals surface area contributed by atoms with Gasteiger partial charge in [0.15, 0.2) is 5.78 Å². The Kier molecular flexibility index (Phi) is 4.04. The average Bonchev–Trinajstić information content (AvgIpc) is 3.02. The fourth-order valence-corrected chi connectivity index (χ4v) is 4.64. The van der Waals surface area contributed by atoms with Crippen LogP contribution in [-0.2, 0) is 4.79 Å². The second-order valence-electron chi connectivity index (χ2n) is 7.43. The maximum Gasteiger partial charge on any atom is 0.166 e. The summed E-state index contributed by atoms with van der Waals surface area (Å²) < 4.78 is 0. The van der Waals surface area contributed by atoms with Crippen LogP contribution in [-0.4, -0.2) is 10.8 Å². The first-order chi connectivity index (χ1) is 12.0. The van der Waals surface area contributed by atoms with Gasteiger partial charge in [0.05, 0.1) is 0 Å². The van der Waals surface area contributed by atoms with Crippen LogP contribution in [0, 0.1) is 25.7 Å². The zero-order valence-corrected chi connectivity index (χ0v) is 15.7. The van der Waals surface area contributed by atoms with Crippen molar-refractivity contribution in [2.45, 2.75) is 40.0 Å². The molecule has 2 atom stereocenters. The number of Topliss-reactive ketones (excluding diaryl/α,β-unsaturated/α-hetero) is 1. The number of carbonyl (C=O) groups is 1. The van der Waals surface area contributed by atoms with Gasteiger partial charge < -0.3 is 0 Å². The first-order valence-electron chi connectivity index (χ1n) is 8.95. The fourth-order valence-electron chi connectivity index (χ4n) is 4.46. The molecule has 0 spiro atoms. The Morgan fingerprint density at radius 2 is 1.76 bits per heavy atom. The first kappa shape index (κ1) is 16.5. The van der Waals surface area contributed by atoms with Crippen molar-refractivity contribution in [1.29, 1.82) is 0 Å². The number of hydrogen-bond donors (Lipinski definition) is 0. The number of pyridine rings is 1. The van der Waals surface area contributed by atoms with E-state index in [0.29, 0.717) is 16.9 Å². The first-order valence-corrected chi connectivity index (χ1v) is 9.33. The number of benzene rings is 1. The maximum absolute atomic E-state index is 13.0. The summed E-state index contributed by atoms with van der Waals surface area (Å²) in [6.07, 6.45) is 3.25. The summed E-state index contributed by atoms with van der Waals surface area (Å²) in [5.41, 5.74) is 7.56. The molecular weight excluding hydrogens is 330 g/mol. The Labute approximate surface area is 153 Å². The van der Waals surface area contributed by atoms with Gasteiger partial charge in [0.2, 0.25) is 0 Å². The molecule has 1 saturated carbocycles. The van der Waals surface area contributed by atoms with Crippen molar-refractivity contribution >= 4 is 23.0 Å². The Morgan fingerprint density at radius 3 is 2.52 bits per heavy atom. The number of carbonyl (C=O) groups excluding carboxylic acids is 1. The van der Waals surface area contributed by atoms with E-state index >= 15 is 0 Å². The number of ketones is 1. The highest BCUT2D eigenvalue weighted by molar-refractivity contribution is 6.29. The summed E-state index contributed by atoms with van der Waals surface area (Å²) in [4.78, 5) is 17.4. The molecule has 1 fully saturated rings. The number of halogens is 1. The number of nitrogens with zero attached hydrogens (tertiary/aromatic N) is 1. The van der Waals surface area contributed by atoms with E-state index in [2.05, 4.69) is 37.0 Å². The molecule has 1 aromatic carbocycles. The summed E-state index contributed by atoms with van der Waals surface area (Å²) in [7, 11) is 0. The van der Waals surface area contributed by atoms with Gasteiger partial charge in [-0.3, -0.25) is 4.79 Å². The summed E-state index contributed by atoms with van der Waals surface area (Å²) in [6.45, 7) is 6.22. The Balaban J connectivity index is 1.86. The van der Waals surface area contributed by atoms with Crippen molar-refractivity contribution in [3.8, 4) is 11.1 Å². The summed E-state index contributed by atoms with van der Waals surface area (Å²) >= 11 is 6.00. The monoisotopic (exact) mass is 351 g/mol. The molecule has 1 heterocycles. The number of aryl methyl sites for hydroxylation is 2. The van der Waals surface area contributed by atoms with E-state index in [0.717, 1.165) is 52.8 Å². The molecular formula is C22H22ClNO. The van der Waals surface area contributed by atoms with E-state index in [1.54, 1.807) is 0 Å². The average molecular weight is 352 g/mol. The second-order valence-corrected chi connectivity index (χ2v) is 7.81. The third-order valence-electron chi connectivity index (χ3n) is 5.93. The van der Waals surface area contributed by atoms with Gasteiger partial charge in [-0.05, 0) is 80.8 Å². The maximum atomic E-state index is 13.0. The molecule has 25 heavy (non-hydrogen) atoms. The van der Waals surface area contributed by atoms with Crippen LogP contribution in [0.15, 0.2) is 35.9 Å². The molecule has 0 radical (unpaired) electrons. The number of aromatic nitrogens is 1. The van der Waals surface area contributed by atoms with Crippen molar-refractivity contribution in [2.24, 2.45) is 11.8 Å². The normalized spacial score (nSPS) is 22.6. The third kappa shape index (κ3) is 2.73. The lowest BCUT2D eigenvalue weighted by atomic mass is 9.78. The summed E-state index contributed by atoms with van der Waals surface area (Å²) in [5, 5.41) is 0.506. The number of allylic oxidation sites excluding steroid dienone is 2. The van der Waals surface area contributed by atoms with Gasteiger partial charge in [-0.15, -0.1) is 0 Å². The van der Waals surface area contributed by atoms with Crippen molar-refractivity contribution in [1.82, 2.24) is 4.98 Å². The lowest BCUT2D eigenvalue weighted by Crippen LogP contribution is -2.20. The van der Waals surface area contributed by atoms with Crippen LogP contribution in [0.4, 0.5) is 0 Å². The van der Waals surface area contributed by atoms with Crippen LogP contribution in [0.2, 0.25) is 5.15 Å². The molecule has 1 aromatic heterocycles. The van der Waals surface area contributed by atoms with E-state index in [-0.39, 0.29) is 5.92 Å². The smallest absolute Gasteiger partial charge is 0.166 e. The number of fused-ring (bicyclic) bond motifs is 2. The van der Waals surface area contributed by atoms with Gasteiger partial charge >= 0.3 is 0 Å². The minimum Gasteiger partial charge on any atom is -0.294 e. The molecule has 0 saturated heterocycles. The highest BCUT2D eigenvalue weighted by Crippen LogP contribution is 2.46. The molecule has 0 N–H and O–H groups in total. The molecule has 4 rings (SSSR count). The van der Waals surface area contributed by atoms with E-state index < -0.39 is 0 Å². The highest BCUT2D eigenvalue weighted by Gasteiger charge is 2.39.